The van der Waals surface area contributed by atoms with Crippen molar-refractivity contribution in [2.45, 2.75) is 37.0 Å². The van der Waals surface area contributed by atoms with E-state index in [2.05, 4.69) is 5.32 Å². The van der Waals surface area contributed by atoms with Crippen molar-refractivity contribution in [3.05, 3.63) is 24.3 Å². The van der Waals surface area contributed by atoms with E-state index in [1.807, 2.05) is 0 Å². The van der Waals surface area contributed by atoms with Crippen LogP contribution in [0.3, 0.4) is 0 Å². The van der Waals surface area contributed by atoms with Crippen molar-refractivity contribution in [3.63, 3.8) is 0 Å². The average Bonchev–Trinajstić information content (AvgIpc) is 2.50. The monoisotopic (exact) mass is 354 g/mol. The number of nitrogens with one attached hydrogen (secondary N) is 2. The van der Waals surface area contributed by atoms with Crippen LogP contribution in [0.2, 0.25) is 0 Å². The molecule has 1 aromatic carbocycles. The number of rotatable bonds is 5. The lowest BCUT2D eigenvalue weighted by atomic mass is 10.1. The molecule has 0 spiro atoms. The van der Waals surface area contributed by atoms with Gasteiger partial charge in [-0.1, -0.05) is 12.5 Å². The summed E-state index contributed by atoms with van der Waals surface area (Å²) in [6.07, 6.45) is 6.12. The molecule has 1 aromatic rings. The van der Waals surface area contributed by atoms with E-state index in [4.69, 9.17) is 0 Å². The summed E-state index contributed by atoms with van der Waals surface area (Å²) in [7, 11) is -0.511. The van der Waals surface area contributed by atoms with Gasteiger partial charge in [-0.25, -0.2) is 12.7 Å². The second-order valence-corrected chi connectivity index (χ2v) is 8.71. The Bertz CT molecular complexity index is 651. The van der Waals surface area contributed by atoms with Crippen LogP contribution >= 0.6 is 0 Å². The van der Waals surface area contributed by atoms with Gasteiger partial charge in [0.25, 0.3) is 5.91 Å². The predicted octanol–water partition coefficient (Wildman–Crippen LogP) is 0.724. The van der Waals surface area contributed by atoms with E-state index in [9.17, 15) is 13.2 Å². The van der Waals surface area contributed by atoms with E-state index < -0.39 is 10.0 Å². The van der Waals surface area contributed by atoms with Crippen molar-refractivity contribution in [3.8, 4) is 0 Å². The summed E-state index contributed by atoms with van der Waals surface area (Å²) < 4.78 is 25.5. The van der Waals surface area contributed by atoms with Gasteiger partial charge in [0.1, 0.15) is 0 Å². The van der Waals surface area contributed by atoms with E-state index >= 15 is 0 Å². The zero-order valence-corrected chi connectivity index (χ0v) is 15.4. The van der Waals surface area contributed by atoms with Gasteiger partial charge in [0, 0.05) is 19.8 Å². The maximum atomic E-state index is 12.3. The second kappa shape index (κ2) is 8.60. The second-order valence-electron chi connectivity index (χ2n) is 6.56. The number of quaternary nitrogens is 1. The molecular formula is C17H28N3O3S+. The number of benzene rings is 1. The Labute approximate surface area is 144 Å². The highest BCUT2D eigenvalue weighted by molar-refractivity contribution is 7.89. The third-order valence-electron chi connectivity index (χ3n) is 4.37. The lowest BCUT2D eigenvalue weighted by Gasteiger charge is -2.21. The summed E-state index contributed by atoms with van der Waals surface area (Å²) in [4.78, 5) is 13.8. The highest BCUT2D eigenvalue weighted by atomic mass is 32.2. The van der Waals surface area contributed by atoms with Crippen LogP contribution < -0.4 is 10.2 Å². The van der Waals surface area contributed by atoms with Crippen LogP contribution in [0.4, 0.5) is 5.69 Å². The Kier molecular flexibility index (Phi) is 6.77. The van der Waals surface area contributed by atoms with Gasteiger partial charge in [0.2, 0.25) is 10.0 Å². The van der Waals surface area contributed by atoms with Crippen LogP contribution in [0, 0.1) is 0 Å². The molecule has 1 aliphatic heterocycles. The minimum atomic E-state index is -3.49. The molecule has 1 heterocycles. The van der Waals surface area contributed by atoms with Crippen LogP contribution in [0.1, 0.15) is 32.1 Å². The fourth-order valence-electron chi connectivity index (χ4n) is 2.96. The Morgan fingerprint density at radius 1 is 1.12 bits per heavy atom. The molecule has 1 amide bonds. The molecule has 1 saturated heterocycles. The first-order chi connectivity index (χ1) is 11.4. The summed E-state index contributed by atoms with van der Waals surface area (Å²) in [5.41, 5.74) is 0.523. The predicted molar refractivity (Wildman–Crippen MR) is 94.6 cm³/mol. The lowest BCUT2D eigenvalue weighted by molar-refractivity contribution is -0.892. The van der Waals surface area contributed by atoms with Crippen molar-refractivity contribution in [1.82, 2.24) is 4.31 Å². The van der Waals surface area contributed by atoms with Crippen molar-refractivity contribution in [2.24, 2.45) is 0 Å². The molecule has 1 aliphatic rings. The molecule has 0 bridgehead atoms. The molecule has 0 unspecified atom stereocenters. The lowest BCUT2D eigenvalue weighted by Crippen LogP contribution is -3.13. The first-order valence-corrected chi connectivity index (χ1v) is 9.99. The molecular weight excluding hydrogens is 326 g/mol. The maximum Gasteiger partial charge on any atom is 0.279 e. The van der Waals surface area contributed by atoms with Gasteiger partial charge < -0.3 is 10.2 Å². The molecule has 0 radical (unpaired) electrons. The minimum absolute atomic E-state index is 0.0648. The molecule has 134 valence electrons. The first kappa shape index (κ1) is 18.9. The molecule has 6 nitrogen and oxygen atoms in total. The standard InChI is InChI=1S/C17H27N3O3S/c1-19(2)24(22,23)16-10-8-9-15(13-16)18-17(21)14-20-11-6-4-3-5-7-12-20/h8-10,13H,3-7,11-12,14H2,1-2H3,(H,18,21)/p+1. The number of hydrogen-bond acceptors (Lipinski definition) is 3. The van der Waals surface area contributed by atoms with Gasteiger partial charge in [0.05, 0.1) is 18.0 Å². The van der Waals surface area contributed by atoms with E-state index in [0.29, 0.717) is 12.2 Å². The van der Waals surface area contributed by atoms with Gasteiger partial charge in [0.15, 0.2) is 6.54 Å². The molecule has 0 aliphatic carbocycles. The fraction of sp³-hybridized carbons (Fsp3) is 0.588. The molecule has 0 atom stereocenters. The first-order valence-electron chi connectivity index (χ1n) is 8.55. The molecule has 7 heteroatoms. The third-order valence-corrected chi connectivity index (χ3v) is 6.18. The molecule has 2 N–H and O–H groups in total. The summed E-state index contributed by atoms with van der Waals surface area (Å²) in [5.74, 6) is -0.0648. The molecule has 0 aromatic heterocycles. The molecule has 24 heavy (non-hydrogen) atoms. The number of sulfonamides is 1. The largest absolute Gasteiger partial charge is 0.327 e. The van der Waals surface area contributed by atoms with Crippen molar-refractivity contribution in [1.29, 1.82) is 0 Å². The summed E-state index contributed by atoms with van der Waals surface area (Å²) >= 11 is 0. The number of hydrogen-bond donors (Lipinski definition) is 2. The Balaban J connectivity index is 1.99. The number of anilines is 1. The van der Waals surface area contributed by atoms with E-state index in [1.54, 1.807) is 12.1 Å². The third kappa shape index (κ3) is 5.29. The number of nitrogens with zero attached hydrogens (tertiary/aromatic N) is 1. The quantitative estimate of drug-likeness (QED) is 0.819. The van der Waals surface area contributed by atoms with Gasteiger partial charge in [-0.15, -0.1) is 0 Å². The van der Waals surface area contributed by atoms with E-state index in [0.717, 1.165) is 17.4 Å². The highest BCUT2D eigenvalue weighted by Gasteiger charge is 2.19. The number of amides is 1. The Hall–Kier alpha value is -1.44. The van der Waals surface area contributed by atoms with Crippen LogP contribution in [-0.4, -0.2) is 52.4 Å². The van der Waals surface area contributed by atoms with Crippen LogP contribution in [-0.2, 0) is 14.8 Å². The zero-order valence-electron chi connectivity index (χ0n) is 14.5. The topological polar surface area (TPSA) is 70.9 Å². The Morgan fingerprint density at radius 3 is 2.38 bits per heavy atom. The fourth-order valence-corrected chi connectivity index (χ4v) is 3.91. The number of carbonyl (C=O) groups excluding carboxylic acids is 1. The van der Waals surface area contributed by atoms with Crippen molar-refractivity contribution < 1.29 is 18.1 Å². The highest BCUT2D eigenvalue weighted by Crippen LogP contribution is 2.17. The van der Waals surface area contributed by atoms with Crippen LogP contribution in [0.15, 0.2) is 29.2 Å². The minimum Gasteiger partial charge on any atom is -0.327 e. The molecule has 2 rings (SSSR count). The van der Waals surface area contributed by atoms with Gasteiger partial charge in [-0.2, -0.15) is 0 Å². The maximum absolute atomic E-state index is 12.3. The van der Waals surface area contributed by atoms with Crippen molar-refractivity contribution >= 4 is 21.6 Å². The summed E-state index contributed by atoms with van der Waals surface area (Å²) in [5, 5.41) is 2.83. The van der Waals surface area contributed by atoms with Crippen LogP contribution in [0.25, 0.3) is 0 Å². The summed E-state index contributed by atoms with van der Waals surface area (Å²) in [6.45, 7) is 2.50. The van der Waals surface area contributed by atoms with E-state index in [1.165, 1.54) is 63.2 Å². The molecule has 1 fully saturated rings. The van der Waals surface area contributed by atoms with Crippen LogP contribution in [0.5, 0.6) is 0 Å². The zero-order chi connectivity index (χ0) is 17.6. The average molecular weight is 354 g/mol. The smallest absolute Gasteiger partial charge is 0.279 e. The number of likely N-dealkylation sites (tertiary alicyclic amines) is 1. The van der Waals surface area contributed by atoms with E-state index in [-0.39, 0.29) is 10.8 Å². The van der Waals surface area contributed by atoms with Gasteiger partial charge >= 0.3 is 0 Å². The molecule has 0 saturated carbocycles. The SMILES string of the molecule is CN(C)S(=O)(=O)c1cccc(NC(=O)C[NH+]2CCCCCCC2)c1. The summed E-state index contributed by atoms with van der Waals surface area (Å²) in [6, 6.07) is 6.41. The van der Waals surface area contributed by atoms with Crippen molar-refractivity contribution in [2.75, 3.05) is 39.0 Å². The normalized spacial score (nSPS) is 17.3. The Morgan fingerprint density at radius 2 is 1.75 bits per heavy atom. The van der Waals surface area contributed by atoms with Gasteiger partial charge in [-0.3, -0.25) is 4.79 Å². The number of carbonyl (C=O) groups is 1. The van der Waals surface area contributed by atoms with Gasteiger partial charge in [-0.05, 0) is 43.9 Å².